The average molecular weight is 815 g/mol. The first kappa shape index (κ1) is 41.2. The van der Waals surface area contributed by atoms with Crippen molar-refractivity contribution in [2.45, 2.75) is 69.4 Å². The number of aromatic nitrogens is 3. The number of aliphatic hydroxyl groups is 1. The summed E-state index contributed by atoms with van der Waals surface area (Å²) in [4.78, 5) is 53.2. The molecular weight excluding hydrogens is 766 g/mol. The second-order valence-corrected chi connectivity index (χ2v) is 16.4. The molecule has 1 saturated carbocycles. The molecule has 1 atom stereocenters. The van der Waals surface area contributed by atoms with Crippen LogP contribution in [0, 0.1) is 17.6 Å². The van der Waals surface area contributed by atoms with Crippen molar-refractivity contribution in [3.05, 3.63) is 111 Å². The van der Waals surface area contributed by atoms with Crippen LogP contribution in [0.1, 0.15) is 72.5 Å². The SMILES string of the molecule is CN(C)CCCOc1c(F)cc2c(=O)n(CC3(O)CCN(C(=O)[C@H](CCCNC(=O)c4ccc5c(Cl)cc(C6CC6)nc5c4)Cc4ccccc4)CC3)cnc2c1F. The van der Waals surface area contributed by atoms with E-state index in [0.717, 1.165) is 46.4 Å². The Bertz CT molecular complexity index is 2350. The van der Waals surface area contributed by atoms with E-state index >= 15 is 4.39 Å². The molecule has 11 nitrogen and oxygen atoms in total. The quantitative estimate of drug-likeness (QED) is 0.108. The molecule has 1 saturated heterocycles. The van der Waals surface area contributed by atoms with Crippen molar-refractivity contribution in [2.75, 3.05) is 46.9 Å². The Morgan fingerprint density at radius 2 is 1.81 bits per heavy atom. The van der Waals surface area contributed by atoms with Crippen molar-refractivity contribution in [2.24, 2.45) is 5.92 Å². The number of nitrogens with one attached hydrogen (secondary N) is 1. The van der Waals surface area contributed by atoms with Gasteiger partial charge in [-0.25, -0.2) is 13.8 Å². The number of fused-ring (bicyclic) bond motifs is 2. The first-order chi connectivity index (χ1) is 27.9. The Labute approximate surface area is 341 Å². The summed E-state index contributed by atoms with van der Waals surface area (Å²) in [6.45, 7) is 1.50. The van der Waals surface area contributed by atoms with Gasteiger partial charge in [-0.05, 0) is 95.3 Å². The van der Waals surface area contributed by atoms with E-state index in [1.807, 2.05) is 61.5 Å². The molecule has 1 aliphatic heterocycles. The van der Waals surface area contributed by atoms with Gasteiger partial charge in [-0.2, -0.15) is 0 Å². The van der Waals surface area contributed by atoms with Crippen molar-refractivity contribution >= 4 is 45.2 Å². The number of rotatable bonds is 16. The summed E-state index contributed by atoms with van der Waals surface area (Å²) in [7, 11) is 3.77. The van der Waals surface area contributed by atoms with Gasteiger partial charge in [0.2, 0.25) is 5.91 Å². The largest absolute Gasteiger partial charge is 0.488 e. The third-order valence-electron chi connectivity index (χ3n) is 11.2. The van der Waals surface area contributed by atoms with Gasteiger partial charge in [-0.3, -0.25) is 23.9 Å². The highest BCUT2D eigenvalue weighted by Crippen LogP contribution is 2.41. The van der Waals surface area contributed by atoms with E-state index < -0.39 is 28.5 Å². The zero-order valence-corrected chi connectivity index (χ0v) is 33.6. The molecular formula is C44H49ClF2N6O5. The maximum atomic E-state index is 15.3. The summed E-state index contributed by atoms with van der Waals surface area (Å²) in [6.07, 6.45) is 5.89. The molecule has 1 aliphatic carbocycles. The van der Waals surface area contributed by atoms with Crippen LogP contribution in [0.4, 0.5) is 8.78 Å². The molecule has 0 unspecified atom stereocenters. The van der Waals surface area contributed by atoms with Crippen LogP contribution in [0.25, 0.3) is 21.8 Å². The standard InChI is InChI=1S/C44H49ClF2N6O5/c1-51(2)18-7-21-58-40-35(46)24-33-39(38(40)47)49-27-53(43(33)56)26-44(57)15-19-52(20-16-44)42(55)31(22-28-8-4-3-5-9-28)10-6-17-48-41(54)30-13-14-32-34(45)25-36(29-11-12-29)50-37(32)23-30/h3-5,8-9,13-14,23-25,27,29,31,57H,6-7,10-12,15-22,26H2,1-2H3,(H,48,54)/t31-/m1/s1. The molecule has 0 bridgehead atoms. The molecule has 306 valence electrons. The number of benzene rings is 3. The van der Waals surface area contributed by atoms with Crippen molar-refractivity contribution < 1.29 is 28.2 Å². The number of halogens is 3. The molecule has 2 aromatic heterocycles. The van der Waals surface area contributed by atoms with E-state index in [1.165, 1.54) is 0 Å². The molecule has 2 N–H and O–H groups in total. The van der Waals surface area contributed by atoms with Crippen LogP contribution in [0.5, 0.6) is 5.75 Å². The zero-order chi connectivity index (χ0) is 41.0. The molecule has 2 fully saturated rings. The molecule has 0 spiro atoms. The highest BCUT2D eigenvalue weighted by Gasteiger charge is 2.37. The number of ether oxygens (including phenoxy) is 1. The van der Waals surface area contributed by atoms with E-state index in [2.05, 4.69) is 10.3 Å². The summed E-state index contributed by atoms with van der Waals surface area (Å²) in [5, 5.41) is 15.8. The summed E-state index contributed by atoms with van der Waals surface area (Å²) in [5.74, 6) is -2.82. The third-order valence-corrected chi connectivity index (χ3v) is 11.5. The maximum Gasteiger partial charge on any atom is 0.261 e. The second-order valence-electron chi connectivity index (χ2n) is 16.0. The number of carbonyl (C=O) groups excluding carboxylic acids is 2. The fourth-order valence-corrected chi connectivity index (χ4v) is 7.96. The fraction of sp³-hybridized carbons (Fsp3) is 0.432. The Kier molecular flexibility index (Phi) is 12.7. The number of hydrogen-bond acceptors (Lipinski definition) is 8. The molecule has 58 heavy (non-hydrogen) atoms. The lowest BCUT2D eigenvalue weighted by molar-refractivity contribution is -0.140. The van der Waals surface area contributed by atoms with Crippen LogP contribution in [-0.4, -0.2) is 93.7 Å². The summed E-state index contributed by atoms with van der Waals surface area (Å²) in [5.41, 5.74) is 0.821. The number of piperidine rings is 1. The first-order valence-corrected chi connectivity index (χ1v) is 20.3. The van der Waals surface area contributed by atoms with Gasteiger partial charge in [0.1, 0.15) is 5.52 Å². The molecule has 5 aromatic rings. The van der Waals surface area contributed by atoms with E-state index in [-0.39, 0.29) is 67.7 Å². The average Bonchev–Trinajstić information content (AvgIpc) is 4.06. The summed E-state index contributed by atoms with van der Waals surface area (Å²) < 4.78 is 36.8. The van der Waals surface area contributed by atoms with Gasteiger partial charge in [0, 0.05) is 54.7 Å². The lowest BCUT2D eigenvalue weighted by Gasteiger charge is -2.39. The van der Waals surface area contributed by atoms with Crippen molar-refractivity contribution in [3.63, 3.8) is 0 Å². The maximum absolute atomic E-state index is 15.3. The van der Waals surface area contributed by atoms with E-state index in [4.69, 9.17) is 21.3 Å². The summed E-state index contributed by atoms with van der Waals surface area (Å²) in [6, 6.07) is 17.9. The smallest absolute Gasteiger partial charge is 0.261 e. The lowest BCUT2D eigenvalue weighted by atomic mass is 9.88. The van der Waals surface area contributed by atoms with Gasteiger partial charge in [-0.15, -0.1) is 0 Å². The van der Waals surface area contributed by atoms with Crippen LogP contribution in [0.2, 0.25) is 5.02 Å². The minimum absolute atomic E-state index is 0.0450. The second kappa shape index (κ2) is 17.9. The molecule has 3 heterocycles. The monoisotopic (exact) mass is 814 g/mol. The van der Waals surface area contributed by atoms with Crippen LogP contribution < -0.4 is 15.6 Å². The van der Waals surface area contributed by atoms with Crippen LogP contribution in [-0.2, 0) is 17.8 Å². The van der Waals surface area contributed by atoms with Gasteiger partial charge >= 0.3 is 0 Å². The molecule has 7 rings (SSSR count). The van der Waals surface area contributed by atoms with Crippen molar-refractivity contribution in [1.29, 1.82) is 0 Å². The highest BCUT2D eigenvalue weighted by atomic mass is 35.5. The number of pyridine rings is 1. The molecule has 0 radical (unpaired) electrons. The Hall–Kier alpha value is -4.98. The fourth-order valence-electron chi connectivity index (χ4n) is 7.69. The van der Waals surface area contributed by atoms with Gasteiger partial charge in [0.05, 0.1) is 41.0 Å². The number of nitrogens with zero attached hydrogens (tertiary/aromatic N) is 5. The van der Waals surface area contributed by atoms with Gasteiger partial charge in [0.25, 0.3) is 11.5 Å². The Morgan fingerprint density at radius 3 is 2.53 bits per heavy atom. The number of amides is 2. The van der Waals surface area contributed by atoms with Gasteiger partial charge < -0.3 is 25.0 Å². The van der Waals surface area contributed by atoms with Gasteiger partial charge in [0.15, 0.2) is 17.4 Å². The Balaban J connectivity index is 0.960. The lowest BCUT2D eigenvalue weighted by Crippen LogP contribution is -2.51. The highest BCUT2D eigenvalue weighted by molar-refractivity contribution is 6.35. The third kappa shape index (κ3) is 9.65. The van der Waals surface area contributed by atoms with E-state index in [0.29, 0.717) is 60.8 Å². The predicted octanol–water partition coefficient (Wildman–Crippen LogP) is 6.51. The summed E-state index contributed by atoms with van der Waals surface area (Å²) >= 11 is 6.52. The van der Waals surface area contributed by atoms with E-state index in [1.54, 1.807) is 17.0 Å². The minimum Gasteiger partial charge on any atom is -0.488 e. The Morgan fingerprint density at radius 1 is 1.05 bits per heavy atom. The molecule has 14 heteroatoms. The number of hydrogen-bond donors (Lipinski definition) is 2. The van der Waals surface area contributed by atoms with Crippen molar-refractivity contribution in [1.82, 2.24) is 29.7 Å². The zero-order valence-electron chi connectivity index (χ0n) is 32.9. The van der Waals surface area contributed by atoms with Crippen molar-refractivity contribution in [3.8, 4) is 5.75 Å². The number of likely N-dealkylation sites (tertiary alicyclic amines) is 1. The van der Waals surface area contributed by atoms with E-state index in [9.17, 15) is 23.9 Å². The number of carbonyl (C=O) groups is 2. The molecule has 2 aliphatic rings. The first-order valence-electron chi connectivity index (χ1n) is 20.0. The minimum atomic E-state index is -1.36. The normalized spacial score (nSPS) is 15.9. The van der Waals surface area contributed by atoms with Crippen LogP contribution in [0.15, 0.2) is 71.8 Å². The predicted molar refractivity (Wildman–Crippen MR) is 219 cm³/mol. The van der Waals surface area contributed by atoms with Crippen LogP contribution in [0.3, 0.4) is 0 Å². The van der Waals surface area contributed by atoms with Crippen LogP contribution >= 0.6 is 11.6 Å². The van der Waals surface area contributed by atoms with Gasteiger partial charge in [-0.1, -0.05) is 48.0 Å². The topological polar surface area (TPSA) is 130 Å². The molecule has 3 aromatic carbocycles. The molecule has 2 amide bonds.